The normalized spacial score (nSPS) is 13.3. The van der Waals surface area contributed by atoms with E-state index in [0.717, 1.165) is 0 Å². The van der Waals surface area contributed by atoms with Crippen LogP contribution in [0.15, 0.2) is 0 Å². The van der Waals surface area contributed by atoms with E-state index in [2.05, 4.69) is 4.74 Å². The van der Waals surface area contributed by atoms with Crippen molar-refractivity contribution in [3.63, 3.8) is 0 Å². The topological polar surface area (TPSA) is 46.2 Å². The molecule has 0 fully saturated rings. The van der Waals surface area contributed by atoms with Gasteiger partial charge in [-0.05, 0) is 12.8 Å². The van der Waals surface area contributed by atoms with Crippen molar-refractivity contribution < 1.29 is 14.6 Å². The quantitative estimate of drug-likeness (QED) is 0.534. The van der Waals surface area contributed by atoms with Gasteiger partial charge in [0.1, 0.15) is 6.10 Å². The Morgan fingerprint density at radius 2 is 1.78 bits per heavy atom. The molecule has 0 aromatic carbocycles. The molecule has 9 heavy (non-hydrogen) atoms. The minimum atomic E-state index is -1.45. The first-order chi connectivity index (χ1) is 4.04. The summed E-state index contributed by atoms with van der Waals surface area (Å²) in [5.41, 5.74) is 0. The Morgan fingerprint density at radius 1 is 1.33 bits per heavy atom. The zero-order chi connectivity index (χ0) is 7.44. The van der Waals surface area contributed by atoms with Crippen LogP contribution in [-0.2, 0) is 9.84 Å². The van der Waals surface area contributed by atoms with Gasteiger partial charge in [-0.2, -0.15) is 9.90 Å². The molecule has 0 saturated carbocycles. The Labute approximate surface area is 54.6 Å². The summed E-state index contributed by atoms with van der Waals surface area (Å²) in [6, 6.07) is 0. The Bertz CT molecular complexity index is 98.5. The van der Waals surface area contributed by atoms with Gasteiger partial charge in [-0.25, -0.2) is 0 Å². The maximum atomic E-state index is 9.78. The van der Waals surface area contributed by atoms with Gasteiger partial charge in [-0.3, -0.25) is 0 Å². The number of hydrogen-bond acceptors (Lipinski definition) is 2. The molecule has 0 aliphatic rings. The number of carbonyl (C=O) groups is 1. The van der Waals surface area contributed by atoms with Crippen molar-refractivity contribution >= 4 is 6.16 Å². The van der Waals surface area contributed by atoms with Gasteiger partial charge in [-0.15, -0.1) is 0 Å². The first kappa shape index (κ1) is 8.27. The molecule has 0 N–H and O–H groups in total. The van der Waals surface area contributed by atoms with Gasteiger partial charge in [-0.1, -0.05) is 13.8 Å². The van der Waals surface area contributed by atoms with Crippen molar-refractivity contribution in [3.8, 4) is 0 Å². The highest BCUT2D eigenvalue weighted by molar-refractivity contribution is 5.56. The summed E-state index contributed by atoms with van der Waals surface area (Å²) in [4.78, 5) is 9.78. The summed E-state index contributed by atoms with van der Waals surface area (Å²) in [7, 11) is 0. The van der Waals surface area contributed by atoms with Gasteiger partial charge >= 0.3 is 6.16 Å². The maximum absolute atomic E-state index is 9.78. The van der Waals surface area contributed by atoms with Gasteiger partial charge < -0.3 is 4.74 Å². The molecule has 0 spiro atoms. The molecule has 0 aromatic rings. The molecular weight excluding hydrogens is 120 g/mol. The van der Waals surface area contributed by atoms with Crippen molar-refractivity contribution in [2.75, 3.05) is 0 Å². The van der Waals surface area contributed by atoms with Crippen molar-refractivity contribution in [1.29, 1.82) is 0 Å². The third-order valence-corrected chi connectivity index (χ3v) is 1.22. The number of ether oxygens (including phenoxy) is 1. The zero-order valence-corrected chi connectivity index (χ0v) is 5.88. The van der Waals surface area contributed by atoms with E-state index in [1.807, 2.05) is 13.8 Å². The molecule has 1 unspecified atom stereocenters. The molecule has 0 aliphatic heterocycles. The Balaban J connectivity index is 3.50. The largest absolute Gasteiger partial charge is 0.550 e. The van der Waals surface area contributed by atoms with Gasteiger partial charge in [0.2, 0.25) is 0 Å². The Kier molecular flexibility index (Phi) is 3.06. The highest BCUT2D eigenvalue weighted by Crippen LogP contribution is 2.04. The average Bonchev–Trinajstić information content (AvgIpc) is 1.63. The van der Waals surface area contributed by atoms with E-state index < -0.39 is 6.16 Å². The molecule has 0 aliphatic carbocycles. The first-order valence-corrected chi connectivity index (χ1v) is 2.91. The van der Waals surface area contributed by atoms with Crippen LogP contribution in [0.2, 0.25) is 0 Å². The van der Waals surface area contributed by atoms with E-state index in [-0.39, 0.29) is 12.0 Å². The van der Waals surface area contributed by atoms with E-state index in [1.54, 1.807) is 6.92 Å². The number of rotatable bonds is 2. The van der Waals surface area contributed by atoms with E-state index in [9.17, 15) is 9.90 Å². The highest BCUT2D eigenvalue weighted by Gasteiger charge is 2.11. The van der Waals surface area contributed by atoms with Crippen molar-refractivity contribution in [3.05, 3.63) is 0 Å². The first-order valence-electron chi connectivity index (χ1n) is 2.91. The lowest BCUT2D eigenvalue weighted by Crippen LogP contribution is -2.17. The molecule has 0 heterocycles. The molecule has 0 bridgehead atoms. The summed E-state index contributed by atoms with van der Waals surface area (Å²) in [6.07, 6.45) is -1.72. The van der Waals surface area contributed by atoms with Gasteiger partial charge in [0.15, 0.2) is 0 Å². The highest BCUT2D eigenvalue weighted by atomic mass is 16.7. The molecule has 53 valence electrons. The van der Waals surface area contributed by atoms with Crippen LogP contribution in [0.25, 0.3) is 0 Å². The molecule has 0 saturated heterocycles. The summed E-state index contributed by atoms with van der Waals surface area (Å²) in [5, 5.41) is 9.78. The van der Waals surface area contributed by atoms with Gasteiger partial charge in [0.05, 0.1) is 0 Å². The lowest BCUT2D eigenvalue weighted by molar-refractivity contribution is 0.0225. The molecule has 0 amide bonds. The number of hydrogen-bond donors (Lipinski definition) is 0. The molecule has 0 aromatic heterocycles. The van der Waals surface area contributed by atoms with Gasteiger partial charge in [0, 0.05) is 0 Å². The standard InChI is InChI=1S/C6H11O3/c1-4(2)5(3)9-6(7)8/h4-5H,1-3H3. The van der Waals surface area contributed by atoms with Crippen LogP contribution in [0.5, 0.6) is 0 Å². The van der Waals surface area contributed by atoms with Gasteiger partial charge in [0.25, 0.3) is 0 Å². The molecule has 3 nitrogen and oxygen atoms in total. The van der Waals surface area contributed by atoms with Crippen LogP contribution >= 0.6 is 0 Å². The predicted octanol–water partition coefficient (Wildman–Crippen LogP) is 1.60. The smallest absolute Gasteiger partial charge is 0.428 e. The molecule has 0 rings (SSSR count). The second-order valence-electron chi connectivity index (χ2n) is 2.32. The average molecular weight is 131 g/mol. The summed E-state index contributed by atoms with van der Waals surface area (Å²) < 4.78 is 4.32. The van der Waals surface area contributed by atoms with Crippen LogP contribution in [0.1, 0.15) is 20.8 Å². The Hall–Kier alpha value is -0.730. The SMILES string of the molecule is CC(C)C(C)OC([O])=O. The second kappa shape index (κ2) is 3.33. The van der Waals surface area contributed by atoms with Crippen LogP contribution in [-0.4, -0.2) is 12.3 Å². The van der Waals surface area contributed by atoms with E-state index >= 15 is 0 Å². The van der Waals surface area contributed by atoms with Crippen LogP contribution < -0.4 is 0 Å². The lowest BCUT2D eigenvalue weighted by atomic mass is 10.1. The minimum absolute atomic E-state index is 0.211. The molecular formula is C6H11O3. The summed E-state index contributed by atoms with van der Waals surface area (Å²) in [5.74, 6) is 0.211. The third-order valence-electron chi connectivity index (χ3n) is 1.22. The molecule has 1 atom stereocenters. The van der Waals surface area contributed by atoms with E-state index in [4.69, 9.17) is 0 Å². The summed E-state index contributed by atoms with van der Waals surface area (Å²) in [6.45, 7) is 5.46. The number of carbonyl (C=O) groups excluding carboxylic acids is 1. The zero-order valence-electron chi connectivity index (χ0n) is 5.88. The predicted molar refractivity (Wildman–Crippen MR) is 31.5 cm³/mol. The maximum Gasteiger partial charge on any atom is 0.550 e. The second-order valence-corrected chi connectivity index (χ2v) is 2.32. The van der Waals surface area contributed by atoms with Crippen LogP contribution in [0.4, 0.5) is 4.79 Å². The lowest BCUT2D eigenvalue weighted by Gasteiger charge is -2.12. The fraction of sp³-hybridized carbons (Fsp3) is 0.833. The summed E-state index contributed by atoms with van der Waals surface area (Å²) >= 11 is 0. The van der Waals surface area contributed by atoms with Crippen LogP contribution in [0, 0.1) is 5.92 Å². The molecule has 3 heteroatoms. The van der Waals surface area contributed by atoms with E-state index in [0.29, 0.717) is 0 Å². The fourth-order valence-electron chi connectivity index (χ4n) is 0.288. The monoisotopic (exact) mass is 131 g/mol. The Morgan fingerprint density at radius 3 is 1.89 bits per heavy atom. The third kappa shape index (κ3) is 3.82. The van der Waals surface area contributed by atoms with Crippen molar-refractivity contribution in [2.24, 2.45) is 5.92 Å². The van der Waals surface area contributed by atoms with E-state index in [1.165, 1.54) is 0 Å². The van der Waals surface area contributed by atoms with Crippen molar-refractivity contribution in [1.82, 2.24) is 0 Å². The van der Waals surface area contributed by atoms with Crippen molar-refractivity contribution in [2.45, 2.75) is 26.9 Å². The molecule has 1 radical (unpaired) electrons. The fourth-order valence-corrected chi connectivity index (χ4v) is 0.288. The minimum Gasteiger partial charge on any atom is -0.428 e. The van der Waals surface area contributed by atoms with Crippen LogP contribution in [0.3, 0.4) is 0 Å².